The molecular weight excluding hydrogens is 400 g/mol. The summed E-state index contributed by atoms with van der Waals surface area (Å²) in [4.78, 5) is 12.3. The van der Waals surface area contributed by atoms with Gasteiger partial charge in [-0.3, -0.25) is 0 Å². The fourth-order valence-electron chi connectivity index (χ4n) is 3.09. The molecule has 7 nitrogen and oxygen atoms in total. The molecular formula is C19H18N2O5S2. The van der Waals surface area contributed by atoms with E-state index in [0.717, 1.165) is 16.9 Å². The molecule has 0 amide bonds. The molecule has 3 heterocycles. The van der Waals surface area contributed by atoms with Gasteiger partial charge in [-0.25, -0.2) is 13.2 Å². The average Bonchev–Trinajstić information content (AvgIpc) is 3.37. The van der Waals surface area contributed by atoms with Gasteiger partial charge in [0.15, 0.2) is 11.5 Å². The van der Waals surface area contributed by atoms with E-state index in [4.69, 9.17) is 9.26 Å². The Balaban J connectivity index is 1.56. The van der Waals surface area contributed by atoms with Crippen LogP contribution in [0.15, 0.2) is 51.2 Å². The minimum Gasteiger partial charge on any atom is -0.461 e. The van der Waals surface area contributed by atoms with Crippen molar-refractivity contribution in [3.05, 3.63) is 59.3 Å². The predicted molar refractivity (Wildman–Crippen MR) is 104 cm³/mol. The lowest BCUT2D eigenvalue weighted by molar-refractivity contribution is 0.0514. The van der Waals surface area contributed by atoms with Crippen molar-refractivity contribution < 1.29 is 22.5 Å². The Hall–Kier alpha value is -2.49. The summed E-state index contributed by atoms with van der Waals surface area (Å²) in [6, 6.07) is 12.6. The maximum Gasteiger partial charge on any atom is 0.360 e. The van der Waals surface area contributed by atoms with Gasteiger partial charge in [0, 0.05) is 19.2 Å². The predicted octanol–water partition coefficient (Wildman–Crippen LogP) is 3.33. The van der Waals surface area contributed by atoms with E-state index in [-0.39, 0.29) is 16.5 Å². The van der Waals surface area contributed by atoms with Gasteiger partial charge in [0.05, 0.1) is 11.5 Å². The number of fused-ring (bicyclic) bond motifs is 1. The molecule has 0 radical (unpaired) electrons. The number of carbonyl (C=O) groups is 1. The first-order chi connectivity index (χ1) is 13.5. The van der Waals surface area contributed by atoms with E-state index in [1.165, 1.54) is 15.9 Å². The Morgan fingerprint density at radius 3 is 2.82 bits per heavy atom. The summed E-state index contributed by atoms with van der Waals surface area (Å²) in [5.41, 5.74) is 2.28. The average molecular weight is 418 g/mol. The second kappa shape index (κ2) is 7.50. The monoisotopic (exact) mass is 418 g/mol. The molecule has 28 heavy (non-hydrogen) atoms. The molecule has 0 bridgehead atoms. The van der Waals surface area contributed by atoms with Crippen LogP contribution in [0.25, 0.3) is 10.6 Å². The molecule has 0 aliphatic carbocycles. The Labute approximate surface area is 166 Å². The fraction of sp³-hybridized carbons (Fsp3) is 0.263. The van der Waals surface area contributed by atoms with Gasteiger partial charge in [-0.15, -0.1) is 11.3 Å². The van der Waals surface area contributed by atoms with Crippen molar-refractivity contribution >= 4 is 27.3 Å². The summed E-state index contributed by atoms with van der Waals surface area (Å²) in [5.74, 6) is -0.243. The molecule has 1 aliphatic rings. The van der Waals surface area contributed by atoms with Gasteiger partial charge in [-0.1, -0.05) is 29.4 Å². The van der Waals surface area contributed by atoms with Gasteiger partial charge < -0.3 is 9.26 Å². The molecule has 3 aromatic rings. The zero-order chi connectivity index (χ0) is 19.7. The van der Waals surface area contributed by atoms with Crippen LogP contribution in [0.3, 0.4) is 0 Å². The number of ether oxygens (including phenoxy) is 1. The lowest BCUT2D eigenvalue weighted by Crippen LogP contribution is -2.35. The third-order valence-corrected chi connectivity index (χ3v) is 7.92. The van der Waals surface area contributed by atoms with E-state index in [9.17, 15) is 13.2 Å². The molecule has 9 heteroatoms. The van der Waals surface area contributed by atoms with Crippen LogP contribution in [0.5, 0.6) is 0 Å². The second-order valence-corrected chi connectivity index (χ2v) is 9.52. The molecule has 0 unspecified atom stereocenters. The Morgan fingerprint density at radius 2 is 2.04 bits per heavy atom. The number of sulfonamides is 1. The second-order valence-electron chi connectivity index (χ2n) is 6.27. The largest absolute Gasteiger partial charge is 0.461 e. The number of carbonyl (C=O) groups excluding carboxylic acids is 1. The van der Waals surface area contributed by atoms with Gasteiger partial charge in [0.25, 0.3) is 10.0 Å². The first-order valence-corrected chi connectivity index (χ1v) is 11.1. The SMILES string of the molecule is CCOC(=O)c1cc(-c2ccc(S(=O)(=O)N3CCc4ccccc4C3)s2)on1. The van der Waals surface area contributed by atoms with E-state index in [1.807, 2.05) is 24.3 Å². The third kappa shape index (κ3) is 3.48. The quantitative estimate of drug-likeness (QED) is 0.591. The molecule has 1 aliphatic heterocycles. The highest BCUT2D eigenvalue weighted by Crippen LogP contribution is 2.34. The van der Waals surface area contributed by atoms with Crippen molar-refractivity contribution in [2.75, 3.05) is 13.2 Å². The van der Waals surface area contributed by atoms with Crippen LogP contribution in [-0.4, -0.2) is 37.0 Å². The maximum atomic E-state index is 13.1. The highest BCUT2D eigenvalue weighted by molar-refractivity contribution is 7.91. The van der Waals surface area contributed by atoms with Crippen molar-refractivity contribution in [2.45, 2.75) is 24.1 Å². The summed E-state index contributed by atoms with van der Waals surface area (Å²) >= 11 is 1.09. The molecule has 0 N–H and O–H groups in total. The lowest BCUT2D eigenvalue weighted by Gasteiger charge is -2.27. The Kier molecular flexibility index (Phi) is 5.05. The van der Waals surface area contributed by atoms with Crippen molar-refractivity contribution in [3.8, 4) is 10.6 Å². The fourth-order valence-corrected chi connectivity index (χ4v) is 5.91. The van der Waals surface area contributed by atoms with Crippen molar-refractivity contribution in [3.63, 3.8) is 0 Å². The number of thiophene rings is 1. The van der Waals surface area contributed by atoms with Gasteiger partial charge in [0.2, 0.25) is 0 Å². The number of benzene rings is 1. The third-order valence-electron chi connectivity index (χ3n) is 4.51. The number of hydrogen-bond acceptors (Lipinski definition) is 7. The van der Waals surface area contributed by atoms with Crippen LogP contribution >= 0.6 is 11.3 Å². The molecule has 1 aromatic carbocycles. The van der Waals surface area contributed by atoms with Crippen LogP contribution in [0.4, 0.5) is 0 Å². The van der Waals surface area contributed by atoms with E-state index in [0.29, 0.717) is 30.1 Å². The van der Waals surface area contributed by atoms with E-state index in [2.05, 4.69) is 5.16 Å². The number of hydrogen-bond donors (Lipinski definition) is 0. The van der Waals surface area contributed by atoms with Crippen LogP contribution in [0, 0.1) is 0 Å². The first-order valence-electron chi connectivity index (χ1n) is 8.80. The molecule has 0 spiro atoms. The Bertz CT molecular complexity index is 1120. The molecule has 0 fully saturated rings. The van der Waals surface area contributed by atoms with Crippen molar-refractivity contribution in [1.29, 1.82) is 0 Å². The van der Waals surface area contributed by atoms with Gasteiger partial charge >= 0.3 is 5.97 Å². The zero-order valence-corrected chi connectivity index (χ0v) is 16.8. The molecule has 0 saturated carbocycles. The number of esters is 1. The van der Waals surface area contributed by atoms with E-state index < -0.39 is 16.0 Å². The van der Waals surface area contributed by atoms with Crippen LogP contribution in [-0.2, 0) is 27.7 Å². The van der Waals surface area contributed by atoms with Gasteiger partial charge in [-0.05, 0) is 36.6 Å². The smallest absolute Gasteiger partial charge is 0.360 e. The molecule has 0 saturated heterocycles. The van der Waals surface area contributed by atoms with Crippen LogP contribution in [0.1, 0.15) is 28.5 Å². The summed E-state index contributed by atoms with van der Waals surface area (Å²) in [6.07, 6.45) is 0.693. The summed E-state index contributed by atoms with van der Waals surface area (Å²) in [5, 5.41) is 3.69. The highest BCUT2D eigenvalue weighted by atomic mass is 32.2. The summed E-state index contributed by atoms with van der Waals surface area (Å²) < 4.78 is 37.9. The van der Waals surface area contributed by atoms with E-state index in [1.54, 1.807) is 19.1 Å². The number of rotatable bonds is 5. The maximum absolute atomic E-state index is 13.1. The first kappa shape index (κ1) is 18.9. The molecule has 0 atom stereocenters. The normalized spacial score (nSPS) is 14.6. The van der Waals surface area contributed by atoms with Crippen molar-refractivity contribution in [2.24, 2.45) is 0 Å². The van der Waals surface area contributed by atoms with Crippen molar-refractivity contribution in [1.82, 2.24) is 9.46 Å². The minimum absolute atomic E-state index is 0.0577. The van der Waals surface area contributed by atoms with Crippen LogP contribution in [0.2, 0.25) is 0 Å². The minimum atomic E-state index is -3.61. The molecule has 4 rings (SSSR count). The van der Waals surface area contributed by atoms with Gasteiger partial charge in [0.1, 0.15) is 4.21 Å². The molecule has 146 valence electrons. The van der Waals surface area contributed by atoms with E-state index >= 15 is 0 Å². The lowest BCUT2D eigenvalue weighted by atomic mass is 10.0. The molecule has 2 aromatic heterocycles. The number of aromatic nitrogens is 1. The summed E-state index contributed by atoms with van der Waals surface area (Å²) in [6.45, 7) is 2.75. The standard InChI is InChI=1S/C19H18N2O5S2/c1-2-25-19(22)15-11-16(26-20-15)17-7-8-18(27-17)28(23,24)21-10-9-13-5-3-4-6-14(13)12-21/h3-8,11H,2,9-10,12H2,1H3. The topological polar surface area (TPSA) is 89.7 Å². The summed E-state index contributed by atoms with van der Waals surface area (Å²) in [7, 11) is -3.61. The van der Waals surface area contributed by atoms with Crippen LogP contribution < -0.4 is 0 Å². The zero-order valence-electron chi connectivity index (χ0n) is 15.1. The highest BCUT2D eigenvalue weighted by Gasteiger charge is 2.30. The van der Waals surface area contributed by atoms with Gasteiger partial charge in [-0.2, -0.15) is 4.31 Å². The number of nitrogens with zero attached hydrogens (tertiary/aromatic N) is 2. The Morgan fingerprint density at radius 1 is 1.25 bits per heavy atom.